The molecule has 2 aliphatic heterocycles. The van der Waals surface area contributed by atoms with Crippen LogP contribution in [0.15, 0.2) is 12.3 Å². The number of likely N-dealkylation sites (tertiary alicyclic amines) is 1. The summed E-state index contributed by atoms with van der Waals surface area (Å²) in [5.74, 6) is 0. The minimum Gasteiger partial charge on any atom is -0.381 e. The molecule has 0 aliphatic carbocycles. The summed E-state index contributed by atoms with van der Waals surface area (Å²) in [7, 11) is 0. The maximum atomic E-state index is 12.6. The highest BCUT2D eigenvalue weighted by atomic mass is 19.4. The molecule has 0 saturated carbocycles. The molecule has 1 aromatic rings. The van der Waals surface area contributed by atoms with E-state index < -0.39 is 11.9 Å². The van der Waals surface area contributed by atoms with E-state index >= 15 is 0 Å². The van der Waals surface area contributed by atoms with Gasteiger partial charge in [0.15, 0.2) is 5.69 Å². The number of urea groups is 1. The first-order chi connectivity index (χ1) is 11.4. The molecule has 2 fully saturated rings. The van der Waals surface area contributed by atoms with Gasteiger partial charge in [-0.3, -0.25) is 4.68 Å². The number of carbonyl (C=O) groups is 1. The zero-order chi connectivity index (χ0) is 17.2. The predicted octanol–water partition coefficient (Wildman–Crippen LogP) is 2.43. The van der Waals surface area contributed by atoms with E-state index in [2.05, 4.69) is 10.4 Å². The van der Waals surface area contributed by atoms with Crippen molar-refractivity contribution < 1.29 is 22.7 Å². The van der Waals surface area contributed by atoms with Crippen LogP contribution in [0.25, 0.3) is 0 Å². The Hall–Kier alpha value is -1.77. The minimum atomic E-state index is -4.42. The summed E-state index contributed by atoms with van der Waals surface area (Å²) < 4.78 is 44.5. The second-order valence-electron chi connectivity index (χ2n) is 6.23. The molecule has 2 saturated heterocycles. The quantitative estimate of drug-likeness (QED) is 0.895. The van der Waals surface area contributed by atoms with Crippen LogP contribution in [0.3, 0.4) is 0 Å². The SMILES string of the molecule is O=C(NC1CCOCC1)N1CCC(n2ccc(C(F)(F)F)n2)CC1. The Morgan fingerprint density at radius 1 is 1.21 bits per heavy atom. The summed E-state index contributed by atoms with van der Waals surface area (Å²) >= 11 is 0. The molecule has 2 aliphatic rings. The smallest absolute Gasteiger partial charge is 0.381 e. The van der Waals surface area contributed by atoms with Gasteiger partial charge in [-0.1, -0.05) is 0 Å². The molecule has 134 valence electrons. The fraction of sp³-hybridized carbons (Fsp3) is 0.733. The molecule has 9 heteroatoms. The van der Waals surface area contributed by atoms with Crippen molar-refractivity contribution in [3.63, 3.8) is 0 Å². The summed E-state index contributed by atoms with van der Waals surface area (Å²) in [5.41, 5.74) is -0.873. The standard InChI is InChI=1S/C15H21F3N4O2/c16-15(17,18)13-3-8-22(20-13)12-1-6-21(7-2-12)14(23)19-11-4-9-24-10-5-11/h3,8,11-12H,1-2,4-7,9-10H2,(H,19,23). The van der Waals surface area contributed by atoms with E-state index in [4.69, 9.17) is 4.74 Å². The first-order valence-electron chi connectivity index (χ1n) is 8.19. The second kappa shape index (κ2) is 7.00. The fourth-order valence-corrected chi connectivity index (χ4v) is 3.13. The zero-order valence-corrected chi connectivity index (χ0v) is 13.3. The molecule has 1 aromatic heterocycles. The molecule has 6 nitrogen and oxygen atoms in total. The number of piperidine rings is 1. The van der Waals surface area contributed by atoms with Gasteiger partial charge in [-0.2, -0.15) is 18.3 Å². The first-order valence-corrected chi connectivity index (χ1v) is 8.19. The number of hydrogen-bond acceptors (Lipinski definition) is 3. The normalized spacial score (nSPS) is 21.0. The van der Waals surface area contributed by atoms with Crippen LogP contribution in [0.2, 0.25) is 0 Å². The van der Waals surface area contributed by atoms with E-state index in [0.29, 0.717) is 39.1 Å². The summed E-state index contributed by atoms with van der Waals surface area (Å²) in [4.78, 5) is 14.0. The molecule has 3 rings (SSSR count). The summed E-state index contributed by atoms with van der Waals surface area (Å²) in [6, 6.07) is 0.930. The number of halogens is 3. The molecular weight excluding hydrogens is 325 g/mol. The average molecular weight is 346 g/mol. The van der Waals surface area contributed by atoms with Crippen molar-refractivity contribution in [3.05, 3.63) is 18.0 Å². The van der Waals surface area contributed by atoms with Crippen LogP contribution in [0.5, 0.6) is 0 Å². The number of ether oxygens (including phenoxy) is 1. The Labute approximate surface area is 137 Å². The number of hydrogen-bond donors (Lipinski definition) is 1. The number of alkyl halides is 3. The molecule has 0 atom stereocenters. The Balaban J connectivity index is 1.50. The Bertz CT molecular complexity index is 561. The average Bonchev–Trinajstić information content (AvgIpc) is 3.06. The predicted molar refractivity (Wildman–Crippen MR) is 79.4 cm³/mol. The van der Waals surface area contributed by atoms with Gasteiger partial charge in [-0.15, -0.1) is 0 Å². The van der Waals surface area contributed by atoms with Gasteiger partial charge < -0.3 is 15.0 Å². The van der Waals surface area contributed by atoms with Crippen molar-refractivity contribution in [1.82, 2.24) is 20.0 Å². The summed E-state index contributed by atoms with van der Waals surface area (Å²) in [6.07, 6.45) is -0.230. The molecule has 0 unspecified atom stereocenters. The number of rotatable bonds is 2. The highest BCUT2D eigenvalue weighted by Crippen LogP contribution is 2.29. The lowest BCUT2D eigenvalue weighted by atomic mass is 10.1. The number of carbonyl (C=O) groups excluding carboxylic acids is 1. The Morgan fingerprint density at radius 3 is 2.46 bits per heavy atom. The molecule has 0 bridgehead atoms. The lowest BCUT2D eigenvalue weighted by Crippen LogP contribution is -2.49. The fourth-order valence-electron chi connectivity index (χ4n) is 3.13. The Morgan fingerprint density at radius 2 is 1.88 bits per heavy atom. The van der Waals surface area contributed by atoms with Crippen LogP contribution in [0.4, 0.5) is 18.0 Å². The van der Waals surface area contributed by atoms with E-state index in [1.54, 1.807) is 4.90 Å². The highest BCUT2D eigenvalue weighted by Gasteiger charge is 2.34. The van der Waals surface area contributed by atoms with Gasteiger partial charge in [-0.05, 0) is 31.7 Å². The number of aromatic nitrogens is 2. The van der Waals surface area contributed by atoms with Gasteiger partial charge in [0.1, 0.15) is 0 Å². The summed E-state index contributed by atoms with van der Waals surface area (Å²) in [5, 5.41) is 6.63. The molecule has 3 heterocycles. The number of nitrogens with one attached hydrogen (secondary N) is 1. The second-order valence-corrected chi connectivity index (χ2v) is 6.23. The Kier molecular flexibility index (Phi) is 4.98. The maximum Gasteiger partial charge on any atom is 0.435 e. The van der Waals surface area contributed by atoms with Crippen molar-refractivity contribution in [1.29, 1.82) is 0 Å². The molecule has 0 spiro atoms. The van der Waals surface area contributed by atoms with Crippen molar-refractivity contribution in [3.8, 4) is 0 Å². The highest BCUT2D eigenvalue weighted by molar-refractivity contribution is 5.74. The van der Waals surface area contributed by atoms with Gasteiger partial charge in [0, 0.05) is 38.5 Å². The summed E-state index contributed by atoms with van der Waals surface area (Å²) in [6.45, 7) is 2.35. The third-order valence-corrected chi connectivity index (χ3v) is 4.57. The monoisotopic (exact) mass is 346 g/mol. The molecule has 1 N–H and O–H groups in total. The van der Waals surface area contributed by atoms with Crippen LogP contribution < -0.4 is 5.32 Å². The van der Waals surface area contributed by atoms with Gasteiger partial charge in [0.05, 0.1) is 6.04 Å². The third kappa shape index (κ3) is 4.00. The van der Waals surface area contributed by atoms with Crippen molar-refractivity contribution in [2.75, 3.05) is 26.3 Å². The molecule has 0 aromatic carbocycles. The molecular formula is C15H21F3N4O2. The van der Waals surface area contributed by atoms with E-state index in [9.17, 15) is 18.0 Å². The zero-order valence-electron chi connectivity index (χ0n) is 13.3. The van der Waals surface area contributed by atoms with Crippen molar-refractivity contribution >= 4 is 6.03 Å². The van der Waals surface area contributed by atoms with Crippen molar-refractivity contribution in [2.45, 2.75) is 43.9 Å². The number of amides is 2. The van der Waals surface area contributed by atoms with Gasteiger partial charge in [0.25, 0.3) is 0 Å². The van der Waals surface area contributed by atoms with Crippen LogP contribution >= 0.6 is 0 Å². The van der Waals surface area contributed by atoms with Crippen LogP contribution in [-0.2, 0) is 10.9 Å². The van der Waals surface area contributed by atoms with E-state index in [-0.39, 0.29) is 18.1 Å². The van der Waals surface area contributed by atoms with E-state index in [1.165, 1.54) is 10.9 Å². The van der Waals surface area contributed by atoms with Gasteiger partial charge in [0.2, 0.25) is 0 Å². The minimum absolute atomic E-state index is 0.100. The first kappa shape index (κ1) is 17.1. The molecule has 24 heavy (non-hydrogen) atoms. The van der Waals surface area contributed by atoms with Crippen LogP contribution in [-0.4, -0.2) is 53.1 Å². The van der Waals surface area contributed by atoms with Gasteiger partial charge in [-0.25, -0.2) is 4.79 Å². The maximum absolute atomic E-state index is 12.6. The topological polar surface area (TPSA) is 59.4 Å². The largest absolute Gasteiger partial charge is 0.435 e. The van der Waals surface area contributed by atoms with E-state index in [1.807, 2.05) is 0 Å². The van der Waals surface area contributed by atoms with Crippen molar-refractivity contribution in [2.24, 2.45) is 0 Å². The third-order valence-electron chi connectivity index (χ3n) is 4.57. The lowest BCUT2D eigenvalue weighted by molar-refractivity contribution is -0.141. The number of nitrogens with zero attached hydrogens (tertiary/aromatic N) is 3. The van der Waals surface area contributed by atoms with Crippen LogP contribution in [0.1, 0.15) is 37.4 Å². The van der Waals surface area contributed by atoms with Crippen LogP contribution in [0, 0.1) is 0 Å². The lowest BCUT2D eigenvalue weighted by Gasteiger charge is -2.34. The molecule has 0 radical (unpaired) electrons. The van der Waals surface area contributed by atoms with Gasteiger partial charge >= 0.3 is 12.2 Å². The van der Waals surface area contributed by atoms with E-state index in [0.717, 1.165) is 18.9 Å². The molecule has 2 amide bonds.